The summed E-state index contributed by atoms with van der Waals surface area (Å²) in [4.78, 5) is 36.5. The van der Waals surface area contributed by atoms with Gasteiger partial charge in [-0.3, -0.25) is 9.69 Å². The number of urea groups is 1. The Morgan fingerprint density at radius 1 is 1.48 bits per heavy atom. The van der Waals surface area contributed by atoms with Gasteiger partial charge in [-0.1, -0.05) is 11.6 Å². The van der Waals surface area contributed by atoms with Crippen LogP contribution in [0.25, 0.3) is 0 Å². The van der Waals surface area contributed by atoms with Gasteiger partial charge in [-0.2, -0.15) is 0 Å². The molecule has 2 rings (SSSR count). The van der Waals surface area contributed by atoms with E-state index in [0.29, 0.717) is 29.5 Å². The van der Waals surface area contributed by atoms with Crippen LogP contribution in [0, 0.1) is 0 Å². The van der Waals surface area contributed by atoms with Crippen molar-refractivity contribution < 1.29 is 24.2 Å². The molecule has 1 saturated heterocycles. The number of nitrogens with zero attached hydrogens (tertiary/aromatic N) is 1. The van der Waals surface area contributed by atoms with Crippen molar-refractivity contribution in [2.45, 2.75) is 12.5 Å². The Hall–Kier alpha value is -2.32. The highest BCUT2D eigenvalue weighted by atomic mass is 35.5. The molecule has 0 saturated carbocycles. The molecule has 8 nitrogen and oxygen atoms in total. The highest BCUT2D eigenvalue weighted by molar-refractivity contribution is 6.34. The number of ether oxygens (including phenoxy) is 1. The van der Waals surface area contributed by atoms with Crippen molar-refractivity contribution in [1.82, 2.24) is 5.32 Å². The molecule has 0 radical (unpaired) electrons. The SMILES string of the molecule is COC(C)(C(=O)O)C(=O)Nc1ccc(Cl)c(N2CCNC2=O)c1. The molecule has 1 unspecified atom stereocenters. The molecule has 9 heteroatoms. The molecular weight excluding hydrogens is 326 g/mol. The molecule has 1 heterocycles. The van der Waals surface area contributed by atoms with Gasteiger partial charge in [0.2, 0.25) is 5.60 Å². The molecule has 1 aromatic rings. The second-order valence-electron chi connectivity index (χ2n) is 5.05. The van der Waals surface area contributed by atoms with Crippen LogP contribution >= 0.6 is 11.6 Å². The van der Waals surface area contributed by atoms with Crippen molar-refractivity contribution in [3.05, 3.63) is 23.2 Å². The number of methoxy groups -OCH3 is 1. The number of benzene rings is 1. The number of aliphatic carboxylic acids is 1. The maximum Gasteiger partial charge on any atom is 0.345 e. The van der Waals surface area contributed by atoms with Gasteiger partial charge in [0.05, 0.1) is 10.7 Å². The van der Waals surface area contributed by atoms with Gasteiger partial charge in [0.1, 0.15) is 0 Å². The van der Waals surface area contributed by atoms with Crippen LogP contribution < -0.4 is 15.5 Å². The van der Waals surface area contributed by atoms with Gasteiger partial charge < -0.3 is 20.5 Å². The second kappa shape index (κ2) is 6.43. The summed E-state index contributed by atoms with van der Waals surface area (Å²) in [6.07, 6.45) is 0. The van der Waals surface area contributed by atoms with Crippen LogP contribution in [0.5, 0.6) is 0 Å². The monoisotopic (exact) mass is 341 g/mol. The molecule has 0 bridgehead atoms. The fourth-order valence-corrected chi connectivity index (χ4v) is 2.25. The largest absolute Gasteiger partial charge is 0.479 e. The van der Waals surface area contributed by atoms with E-state index in [1.165, 1.54) is 23.1 Å². The Morgan fingerprint density at radius 3 is 2.70 bits per heavy atom. The molecule has 1 aliphatic rings. The van der Waals surface area contributed by atoms with E-state index >= 15 is 0 Å². The summed E-state index contributed by atoms with van der Waals surface area (Å²) in [5.74, 6) is -2.25. The highest BCUT2D eigenvalue weighted by Crippen LogP contribution is 2.30. The molecule has 23 heavy (non-hydrogen) atoms. The fourth-order valence-electron chi connectivity index (χ4n) is 2.03. The average molecular weight is 342 g/mol. The Bertz CT molecular complexity index is 666. The molecule has 3 amide bonds. The summed E-state index contributed by atoms with van der Waals surface area (Å²) >= 11 is 6.09. The minimum atomic E-state index is -2.02. The van der Waals surface area contributed by atoms with E-state index in [1.807, 2.05) is 0 Å². The lowest BCUT2D eigenvalue weighted by Crippen LogP contribution is -2.48. The number of anilines is 2. The number of hydrogen-bond donors (Lipinski definition) is 3. The zero-order chi connectivity index (χ0) is 17.2. The first-order chi connectivity index (χ1) is 10.8. The lowest BCUT2D eigenvalue weighted by Gasteiger charge is -2.23. The Labute approximate surface area is 137 Å². The Kier molecular flexibility index (Phi) is 4.76. The summed E-state index contributed by atoms with van der Waals surface area (Å²) in [6.45, 7) is 2.09. The maximum atomic E-state index is 12.1. The molecule has 1 aliphatic heterocycles. The Balaban J connectivity index is 2.26. The van der Waals surface area contributed by atoms with Crippen LogP contribution in [0.2, 0.25) is 5.02 Å². The van der Waals surface area contributed by atoms with Crippen molar-refractivity contribution in [1.29, 1.82) is 0 Å². The second-order valence-corrected chi connectivity index (χ2v) is 5.45. The molecule has 3 N–H and O–H groups in total. The average Bonchev–Trinajstić information content (AvgIpc) is 2.93. The van der Waals surface area contributed by atoms with Crippen LogP contribution in [0.1, 0.15) is 6.92 Å². The number of hydrogen-bond acceptors (Lipinski definition) is 4. The third kappa shape index (κ3) is 3.22. The summed E-state index contributed by atoms with van der Waals surface area (Å²) in [5, 5.41) is 14.6. The zero-order valence-corrected chi connectivity index (χ0v) is 13.3. The smallest absolute Gasteiger partial charge is 0.345 e. The van der Waals surface area contributed by atoms with Crippen LogP contribution in [0.4, 0.5) is 16.2 Å². The van der Waals surface area contributed by atoms with Gasteiger partial charge in [-0.05, 0) is 25.1 Å². The zero-order valence-electron chi connectivity index (χ0n) is 12.6. The first-order valence-corrected chi connectivity index (χ1v) is 7.12. The van der Waals surface area contributed by atoms with Crippen molar-refractivity contribution >= 4 is 40.9 Å². The van der Waals surface area contributed by atoms with E-state index in [-0.39, 0.29) is 6.03 Å². The predicted octanol–water partition coefficient (Wildman–Crippen LogP) is 1.30. The Morgan fingerprint density at radius 2 is 2.17 bits per heavy atom. The summed E-state index contributed by atoms with van der Waals surface area (Å²) in [6, 6.07) is 4.24. The third-order valence-corrected chi connectivity index (χ3v) is 3.92. The quantitative estimate of drug-likeness (QED) is 0.699. The van der Waals surface area contributed by atoms with E-state index < -0.39 is 17.5 Å². The van der Waals surface area contributed by atoms with Gasteiger partial charge in [0.15, 0.2) is 0 Å². The van der Waals surface area contributed by atoms with Crippen LogP contribution in [-0.4, -0.2) is 48.8 Å². The van der Waals surface area contributed by atoms with Crippen LogP contribution in [0.3, 0.4) is 0 Å². The number of carbonyl (C=O) groups is 3. The maximum absolute atomic E-state index is 12.1. The fraction of sp³-hybridized carbons (Fsp3) is 0.357. The minimum Gasteiger partial charge on any atom is -0.479 e. The molecule has 124 valence electrons. The van der Waals surface area contributed by atoms with E-state index in [9.17, 15) is 14.4 Å². The number of halogens is 1. The molecular formula is C14H16ClN3O5. The van der Waals surface area contributed by atoms with E-state index in [4.69, 9.17) is 21.4 Å². The molecule has 0 aliphatic carbocycles. The number of amides is 3. The van der Waals surface area contributed by atoms with Gasteiger partial charge >= 0.3 is 12.0 Å². The van der Waals surface area contributed by atoms with Gasteiger partial charge in [-0.15, -0.1) is 0 Å². The minimum absolute atomic E-state index is 0.289. The molecule has 0 spiro atoms. The number of nitrogens with one attached hydrogen (secondary N) is 2. The van der Waals surface area contributed by atoms with E-state index in [0.717, 1.165) is 14.0 Å². The number of carboxylic acids is 1. The number of rotatable bonds is 5. The summed E-state index contributed by atoms with van der Waals surface area (Å²) < 4.78 is 4.79. The van der Waals surface area contributed by atoms with Crippen molar-refractivity contribution in [3.8, 4) is 0 Å². The van der Waals surface area contributed by atoms with Gasteiger partial charge in [-0.25, -0.2) is 9.59 Å². The molecule has 1 fully saturated rings. The van der Waals surface area contributed by atoms with Crippen molar-refractivity contribution in [2.24, 2.45) is 0 Å². The highest BCUT2D eigenvalue weighted by Gasteiger charge is 2.41. The summed E-state index contributed by atoms with van der Waals surface area (Å²) in [7, 11) is 1.13. The summed E-state index contributed by atoms with van der Waals surface area (Å²) in [5.41, 5.74) is -1.29. The van der Waals surface area contributed by atoms with Crippen molar-refractivity contribution in [3.63, 3.8) is 0 Å². The lowest BCUT2D eigenvalue weighted by molar-refractivity contribution is -0.165. The van der Waals surface area contributed by atoms with Crippen LogP contribution in [-0.2, 0) is 14.3 Å². The van der Waals surface area contributed by atoms with Gasteiger partial charge in [0, 0.05) is 25.9 Å². The third-order valence-electron chi connectivity index (χ3n) is 3.60. The van der Waals surface area contributed by atoms with Crippen molar-refractivity contribution in [2.75, 3.05) is 30.4 Å². The molecule has 1 aromatic carbocycles. The molecule has 0 aromatic heterocycles. The normalized spacial score (nSPS) is 16.7. The predicted molar refractivity (Wildman–Crippen MR) is 83.9 cm³/mol. The van der Waals surface area contributed by atoms with E-state index in [2.05, 4.69) is 10.6 Å². The first-order valence-electron chi connectivity index (χ1n) is 6.74. The van der Waals surface area contributed by atoms with E-state index in [1.54, 1.807) is 0 Å². The molecule has 1 atom stereocenters. The lowest BCUT2D eigenvalue weighted by atomic mass is 10.1. The van der Waals surface area contributed by atoms with Gasteiger partial charge in [0.25, 0.3) is 5.91 Å². The standard InChI is InChI=1S/C14H16ClN3O5/c1-14(23-2,12(20)21)11(19)17-8-3-4-9(15)10(7-8)18-6-5-16-13(18)22/h3-4,7H,5-6H2,1-2H3,(H,16,22)(H,17,19)(H,20,21). The number of carboxylic acid groups (broad SMARTS) is 1. The topological polar surface area (TPSA) is 108 Å². The first kappa shape index (κ1) is 17.0. The number of carbonyl (C=O) groups excluding carboxylic acids is 2. The van der Waals surface area contributed by atoms with Crippen LogP contribution in [0.15, 0.2) is 18.2 Å².